The van der Waals surface area contributed by atoms with Gasteiger partial charge >= 0.3 is 0 Å². The van der Waals surface area contributed by atoms with Gasteiger partial charge in [-0.1, -0.05) is 53.8 Å². The molecule has 0 aliphatic rings. The standard InChI is InChI=1S/C21H18N2OS/c1-13-11-12-18-19(14(13)2)23(3)21(25-18)22-20(24)17-10-6-8-15-7-4-5-9-16(15)17/h4-12H,1-3H3. The topological polar surface area (TPSA) is 34.4 Å². The van der Waals surface area contributed by atoms with Crippen molar-refractivity contribution in [3.8, 4) is 0 Å². The molecule has 4 rings (SSSR count). The van der Waals surface area contributed by atoms with E-state index in [0.717, 1.165) is 25.8 Å². The van der Waals surface area contributed by atoms with Crippen LogP contribution in [-0.2, 0) is 7.05 Å². The van der Waals surface area contributed by atoms with Gasteiger partial charge in [0.2, 0.25) is 0 Å². The van der Waals surface area contributed by atoms with E-state index in [2.05, 4.69) is 31.0 Å². The summed E-state index contributed by atoms with van der Waals surface area (Å²) in [5.41, 5.74) is 4.26. The summed E-state index contributed by atoms with van der Waals surface area (Å²) < 4.78 is 3.17. The van der Waals surface area contributed by atoms with Crippen LogP contribution in [0.5, 0.6) is 0 Å². The van der Waals surface area contributed by atoms with E-state index in [1.807, 2.05) is 54.1 Å². The molecule has 4 heteroatoms. The van der Waals surface area contributed by atoms with Crippen molar-refractivity contribution in [3.05, 3.63) is 76.1 Å². The summed E-state index contributed by atoms with van der Waals surface area (Å²) in [7, 11) is 1.97. The third-order valence-corrected chi connectivity index (χ3v) is 5.80. The molecule has 3 nitrogen and oxygen atoms in total. The molecule has 1 aromatic heterocycles. The first-order valence-electron chi connectivity index (χ1n) is 8.19. The number of rotatable bonds is 1. The third-order valence-electron chi connectivity index (χ3n) is 4.71. The smallest absolute Gasteiger partial charge is 0.280 e. The molecule has 4 aromatic rings. The Morgan fingerprint density at radius 2 is 1.76 bits per heavy atom. The highest BCUT2D eigenvalue weighted by Gasteiger charge is 2.11. The summed E-state index contributed by atoms with van der Waals surface area (Å²) >= 11 is 1.55. The predicted molar refractivity (Wildman–Crippen MR) is 104 cm³/mol. The quantitative estimate of drug-likeness (QED) is 0.490. The summed E-state index contributed by atoms with van der Waals surface area (Å²) in [5, 5.41) is 1.99. The lowest BCUT2D eigenvalue weighted by Gasteiger charge is -2.04. The second-order valence-corrected chi connectivity index (χ2v) is 7.25. The summed E-state index contributed by atoms with van der Waals surface area (Å²) in [5.74, 6) is -0.201. The first-order chi connectivity index (χ1) is 12.1. The maximum absolute atomic E-state index is 12.8. The van der Waals surface area contributed by atoms with Gasteiger partial charge in [-0.25, -0.2) is 0 Å². The number of fused-ring (bicyclic) bond motifs is 2. The van der Waals surface area contributed by atoms with Crippen molar-refractivity contribution >= 4 is 38.2 Å². The van der Waals surface area contributed by atoms with Gasteiger partial charge in [0.1, 0.15) is 0 Å². The van der Waals surface area contributed by atoms with E-state index < -0.39 is 0 Å². The van der Waals surface area contributed by atoms with Gasteiger partial charge in [-0.15, -0.1) is 0 Å². The lowest BCUT2D eigenvalue weighted by atomic mass is 10.0. The zero-order valence-electron chi connectivity index (χ0n) is 14.4. The predicted octanol–water partition coefficient (Wildman–Crippen LogP) is 4.75. The van der Waals surface area contributed by atoms with E-state index >= 15 is 0 Å². The number of carbonyl (C=O) groups excluding carboxylic acids is 1. The van der Waals surface area contributed by atoms with Gasteiger partial charge in [0.15, 0.2) is 4.80 Å². The van der Waals surface area contributed by atoms with Crippen LogP contribution in [0.25, 0.3) is 21.0 Å². The molecule has 0 aliphatic heterocycles. The molecule has 0 bridgehead atoms. The first-order valence-corrected chi connectivity index (χ1v) is 9.00. The number of aromatic nitrogens is 1. The SMILES string of the molecule is Cc1ccc2sc(=NC(=O)c3cccc4ccccc34)n(C)c2c1C. The number of hydrogen-bond acceptors (Lipinski definition) is 2. The number of hydrogen-bond donors (Lipinski definition) is 0. The van der Waals surface area contributed by atoms with Crippen LogP contribution in [0.1, 0.15) is 21.5 Å². The van der Waals surface area contributed by atoms with Crippen LogP contribution in [0.15, 0.2) is 59.6 Å². The highest BCUT2D eigenvalue weighted by Crippen LogP contribution is 2.23. The van der Waals surface area contributed by atoms with Gasteiger partial charge in [0.05, 0.1) is 10.2 Å². The summed E-state index contributed by atoms with van der Waals surface area (Å²) in [6.07, 6.45) is 0. The monoisotopic (exact) mass is 346 g/mol. The van der Waals surface area contributed by atoms with Crippen LogP contribution >= 0.6 is 11.3 Å². The van der Waals surface area contributed by atoms with Crippen molar-refractivity contribution in [2.45, 2.75) is 13.8 Å². The molecule has 1 heterocycles. The normalized spacial score (nSPS) is 12.2. The van der Waals surface area contributed by atoms with Gasteiger partial charge in [-0.3, -0.25) is 4.79 Å². The van der Waals surface area contributed by atoms with E-state index in [9.17, 15) is 4.79 Å². The van der Waals surface area contributed by atoms with Crippen molar-refractivity contribution < 1.29 is 4.79 Å². The number of thiazole rings is 1. The zero-order valence-corrected chi connectivity index (χ0v) is 15.2. The van der Waals surface area contributed by atoms with Gasteiger partial charge in [-0.2, -0.15) is 4.99 Å². The number of nitrogens with zero attached hydrogens (tertiary/aromatic N) is 2. The molecular weight excluding hydrogens is 328 g/mol. The van der Waals surface area contributed by atoms with Gasteiger partial charge in [-0.05, 0) is 47.9 Å². The highest BCUT2D eigenvalue weighted by molar-refractivity contribution is 7.16. The molecular formula is C21H18N2OS. The van der Waals surface area contributed by atoms with E-state index in [1.54, 1.807) is 11.3 Å². The number of amides is 1. The van der Waals surface area contributed by atoms with Crippen molar-refractivity contribution in [1.29, 1.82) is 0 Å². The Morgan fingerprint density at radius 1 is 1.00 bits per heavy atom. The zero-order chi connectivity index (χ0) is 17.6. The molecule has 0 atom stereocenters. The second kappa shape index (κ2) is 5.97. The number of benzene rings is 3. The maximum atomic E-state index is 12.8. The molecule has 0 saturated heterocycles. The van der Waals surface area contributed by atoms with Gasteiger partial charge < -0.3 is 4.57 Å². The van der Waals surface area contributed by atoms with Crippen LogP contribution in [-0.4, -0.2) is 10.5 Å². The maximum Gasteiger partial charge on any atom is 0.280 e. The minimum absolute atomic E-state index is 0.201. The van der Waals surface area contributed by atoms with Crippen molar-refractivity contribution in [2.75, 3.05) is 0 Å². The summed E-state index contributed by atoms with van der Waals surface area (Å²) in [6, 6.07) is 17.9. The molecule has 0 fully saturated rings. The molecule has 25 heavy (non-hydrogen) atoms. The fourth-order valence-electron chi connectivity index (χ4n) is 3.19. The van der Waals surface area contributed by atoms with Crippen molar-refractivity contribution in [2.24, 2.45) is 12.0 Å². The minimum Gasteiger partial charge on any atom is -0.319 e. The molecule has 0 spiro atoms. The third kappa shape index (κ3) is 2.59. The number of carbonyl (C=O) groups is 1. The van der Waals surface area contributed by atoms with Crippen LogP contribution in [0.2, 0.25) is 0 Å². The second-order valence-electron chi connectivity index (χ2n) is 6.24. The molecule has 0 radical (unpaired) electrons. The van der Waals surface area contributed by atoms with Crippen molar-refractivity contribution in [3.63, 3.8) is 0 Å². The van der Waals surface area contributed by atoms with Crippen LogP contribution in [0.3, 0.4) is 0 Å². The largest absolute Gasteiger partial charge is 0.319 e. The Balaban J connectivity index is 1.91. The van der Waals surface area contributed by atoms with E-state index in [1.165, 1.54) is 11.1 Å². The summed E-state index contributed by atoms with van der Waals surface area (Å²) in [4.78, 5) is 18.0. The first kappa shape index (κ1) is 15.8. The van der Waals surface area contributed by atoms with Crippen molar-refractivity contribution in [1.82, 2.24) is 4.57 Å². The van der Waals surface area contributed by atoms with Gasteiger partial charge in [0.25, 0.3) is 5.91 Å². The molecule has 0 saturated carbocycles. The van der Waals surface area contributed by atoms with E-state index in [0.29, 0.717) is 5.56 Å². The summed E-state index contributed by atoms with van der Waals surface area (Å²) in [6.45, 7) is 4.21. The average molecular weight is 346 g/mol. The minimum atomic E-state index is -0.201. The molecule has 0 unspecified atom stereocenters. The number of aryl methyl sites for hydroxylation is 3. The Kier molecular flexibility index (Phi) is 3.77. The Hall–Kier alpha value is -2.72. The molecule has 3 aromatic carbocycles. The lowest BCUT2D eigenvalue weighted by Crippen LogP contribution is -2.14. The average Bonchev–Trinajstić information content (AvgIpc) is 2.94. The van der Waals surface area contributed by atoms with E-state index in [4.69, 9.17) is 0 Å². The van der Waals surface area contributed by atoms with E-state index in [-0.39, 0.29) is 5.91 Å². The highest BCUT2D eigenvalue weighted by atomic mass is 32.1. The molecule has 124 valence electrons. The molecule has 1 amide bonds. The fraction of sp³-hybridized carbons (Fsp3) is 0.143. The van der Waals surface area contributed by atoms with Crippen LogP contribution in [0.4, 0.5) is 0 Å². The van der Waals surface area contributed by atoms with Crippen LogP contribution < -0.4 is 4.80 Å². The Morgan fingerprint density at radius 3 is 2.60 bits per heavy atom. The molecule has 0 aliphatic carbocycles. The van der Waals surface area contributed by atoms with Gasteiger partial charge in [0, 0.05) is 12.6 Å². The molecule has 0 N–H and O–H groups in total. The Bertz CT molecular complexity index is 1190. The Labute approximate surface area is 149 Å². The lowest BCUT2D eigenvalue weighted by molar-refractivity contribution is 0.0999. The fourth-order valence-corrected chi connectivity index (χ4v) is 4.27. The van der Waals surface area contributed by atoms with Crippen LogP contribution in [0, 0.1) is 13.8 Å².